The van der Waals surface area contributed by atoms with Crippen LogP contribution in [0, 0.1) is 0 Å². The fourth-order valence-electron chi connectivity index (χ4n) is 1.11. The molecule has 4 nitrogen and oxygen atoms in total. The van der Waals surface area contributed by atoms with Gasteiger partial charge >= 0.3 is 0 Å². The summed E-state index contributed by atoms with van der Waals surface area (Å²) in [5.41, 5.74) is 0.507. The maximum absolute atomic E-state index is 11.0. The van der Waals surface area contributed by atoms with Crippen molar-refractivity contribution in [1.29, 1.82) is 0 Å². The molecule has 5 heteroatoms. The van der Waals surface area contributed by atoms with Gasteiger partial charge in [-0.3, -0.25) is 4.79 Å². The average molecular weight is 207 g/mol. The minimum atomic E-state index is -0.0123. The first kappa shape index (κ1) is 9.08. The molecule has 0 saturated carbocycles. The number of ketones is 1. The molecule has 2 aromatic heterocycles. The highest BCUT2D eigenvalue weighted by Crippen LogP contribution is 2.21. The summed E-state index contributed by atoms with van der Waals surface area (Å²) >= 11 is 1.43. The van der Waals surface area contributed by atoms with Gasteiger partial charge in [-0.1, -0.05) is 0 Å². The number of rotatable bonds is 2. The molecule has 0 aliphatic carbocycles. The van der Waals surface area contributed by atoms with Gasteiger partial charge in [0.25, 0.3) is 0 Å². The van der Waals surface area contributed by atoms with Gasteiger partial charge in [-0.05, 0) is 0 Å². The molecule has 0 unspecified atom stereocenters. The van der Waals surface area contributed by atoms with Crippen molar-refractivity contribution < 1.29 is 4.79 Å². The topological polar surface area (TPSA) is 47.8 Å². The van der Waals surface area contributed by atoms with E-state index in [1.165, 1.54) is 18.3 Å². The van der Waals surface area contributed by atoms with Crippen molar-refractivity contribution in [2.45, 2.75) is 6.92 Å². The van der Waals surface area contributed by atoms with Crippen LogP contribution in [0.3, 0.4) is 0 Å². The Morgan fingerprint density at radius 1 is 1.57 bits per heavy atom. The van der Waals surface area contributed by atoms with Crippen LogP contribution >= 0.6 is 11.3 Å². The summed E-state index contributed by atoms with van der Waals surface area (Å²) in [6, 6.07) is 0. The SMILES string of the molecule is CC(=O)c1csc(-c2nccn2C)n1. The van der Waals surface area contributed by atoms with Crippen molar-refractivity contribution in [3.05, 3.63) is 23.5 Å². The summed E-state index contributed by atoms with van der Waals surface area (Å²) in [5.74, 6) is 0.782. The molecule has 2 rings (SSSR count). The van der Waals surface area contributed by atoms with E-state index in [4.69, 9.17) is 0 Å². The van der Waals surface area contributed by atoms with Gasteiger partial charge in [0.05, 0.1) is 0 Å². The number of aryl methyl sites for hydroxylation is 1. The quantitative estimate of drug-likeness (QED) is 0.705. The fourth-order valence-corrected chi connectivity index (χ4v) is 2.00. The highest BCUT2D eigenvalue weighted by atomic mass is 32.1. The van der Waals surface area contributed by atoms with Crippen molar-refractivity contribution in [3.8, 4) is 10.8 Å². The molecule has 0 N–H and O–H groups in total. The Hall–Kier alpha value is -1.49. The molecule has 72 valence electrons. The molecule has 0 amide bonds. The van der Waals surface area contributed by atoms with Crippen LogP contribution in [0.4, 0.5) is 0 Å². The van der Waals surface area contributed by atoms with Crippen LogP contribution in [0.15, 0.2) is 17.8 Å². The molecule has 2 aromatic rings. The number of thiazole rings is 1. The normalized spacial score (nSPS) is 10.4. The summed E-state index contributed by atoms with van der Waals surface area (Å²) in [4.78, 5) is 19.4. The summed E-state index contributed by atoms with van der Waals surface area (Å²) < 4.78 is 1.88. The summed E-state index contributed by atoms with van der Waals surface area (Å²) in [7, 11) is 1.90. The Bertz CT molecular complexity index is 472. The second-order valence-electron chi connectivity index (χ2n) is 2.96. The van der Waals surface area contributed by atoms with E-state index in [0.717, 1.165) is 10.8 Å². The second kappa shape index (κ2) is 3.34. The number of hydrogen-bond acceptors (Lipinski definition) is 4. The number of nitrogens with zero attached hydrogens (tertiary/aromatic N) is 3. The van der Waals surface area contributed by atoms with Crippen LogP contribution in [0.25, 0.3) is 10.8 Å². The lowest BCUT2D eigenvalue weighted by atomic mass is 10.3. The lowest BCUT2D eigenvalue weighted by molar-refractivity contribution is 0.101. The molecule has 0 atom stereocenters. The van der Waals surface area contributed by atoms with Crippen molar-refractivity contribution >= 4 is 17.1 Å². The van der Waals surface area contributed by atoms with Crippen molar-refractivity contribution in [3.63, 3.8) is 0 Å². The molecule has 0 saturated heterocycles. The Kier molecular flexibility index (Phi) is 2.17. The minimum absolute atomic E-state index is 0.0123. The Morgan fingerprint density at radius 3 is 2.86 bits per heavy atom. The standard InChI is InChI=1S/C9H9N3OS/c1-6(13)7-5-14-9(11-7)8-10-3-4-12(8)2/h3-5H,1-2H3. The van der Waals surface area contributed by atoms with Gasteiger partial charge in [0.15, 0.2) is 16.6 Å². The van der Waals surface area contributed by atoms with Crippen molar-refractivity contribution in [2.75, 3.05) is 0 Å². The zero-order valence-corrected chi connectivity index (χ0v) is 8.71. The monoisotopic (exact) mass is 207 g/mol. The Morgan fingerprint density at radius 2 is 2.36 bits per heavy atom. The minimum Gasteiger partial charge on any atom is -0.332 e. The van der Waals surface area contributed by atoms with E-state index < -0.39 is 0 Å². The molecule has 0 aliphatic rings. The molecule has 0 aromatic carbocycles. The number of Topliss-reactive ketones (excluding diaryl/α,β-unsaturated/α-hetero) is 1. The molecular formula is C9H9N3OS. The molecule has 0 fully saturated rings. The highest BCUT2D eigenvalue weighted by molar-refractivity contribution is 7.13. The van der Waals surface area contributed by atoms with Gasteiger partial charge in [0.2, 0.25) is 0 Å². The smallest absolute Gasteiger partial charge is 0.178 e. The van der Waals surface area contributed by atoms with Crippen LogP contribution in [0.2, 0.25) is 0 Å². The first-order valence-electron chi connectivity index (χ1n) is 4.12. The van der Waals surface area contributed by atoms with Gasteiger partial charge in [-0.2, -0.15) is 0 Å². The number of aromatic nitrogens is 3. The zero-order valence-electron chi connectivity index (χ0n) is 7.89. The number of hydrogen-bond donors (Lipinski definition) is 0. The van der Waals surface area contributed by atoms with E-state index in [1.807, 2.05) is 17.8 Å². The Labute approximate surface area is 85.2 Å². The molecule has 0 radical (unpaired) electrons. The predicted octanol–water partition coefficient (Wildman–Crippen LogP) is 1.75. The third kappa shape index (κ3) is 1.46. The van der Waals surface area contributed by atoms with Gasteiger partial charge in [0.1, 0.15) is 5.69 Å². The lowest BCUT2D eigenvalue weighted by Crippen LogP contribution is -1.94. The van der Waals surface area contributed by atoms with Crippen LogP contribution < -0.4 is 0 Å². The lowest BCUT2D eigenvalue weighted by Gasteiger charge is -1.94. The summed E-state index contributed by atoms with van der Waals surface area (Å²) in [6.07, 6.45) is 3.56. The third-order valence-corrected chi connectivity index (χ3v) is 2.72. The maximum Gasteiger partial charge on any atom is 0.178 e. The van der Waals surface area contributed by atoms with E-state index in [9.17, 15) is 4.79 Å². The number of imidazole rings is 1. The van der Waals surface area contributed by atoms with Crippen LogP contribution in [0.1, 0.15) is 17.4 Å². The van der Waals surface area contributed by atoms with Crippen molar-refractivity contribution in [1.82, 2.24) is 14.5 Å². The van der Waals surface area contributed by atoms with Crippen LogP contribution in [-0.4, -0.2) is 20.3 Å². The number of carbonyl (C=O) groups excluding carboxylic acids is 1. The number of carbonyl (C=O) groups is 1. The van der Waals surface area contributed by atoms with Crippen molar-refractivity contribution in [2.24, 2.45) is 7.05 Å². The van der Waals surface area contributed by atoms with E-state index in [0.29, 0.717) is 5.69 Å². The van der Waals surface area contributed by atoms with Crippen LogP contribution in [-0.2, 0) is 7.05 Å². The largest absolute Gasteiger partial charge is 0.332 e. The molecule has 14 heavy (non-hydrogen) atoms. The molecule has 0 aliphatic heterocycles. The van der Waals surface area contributed by atoms with E-state index in [1.54, 1.807) is 11.6 Å². The predicted molar refractivity (Wildman–Crippen MR) is 54.3 cm³/mol. The van der Waals surface area contributed by atoms with E-state index in [2.05, 4.69) is 9.97 Å². The highest BCUT2D eigenvalue weighted by Gasteiger charge is 2.10. The zero-order chi connectivity index (χ0) is 10.1. The second-order valence-corrected chi connectivity index (χ2v) is 3.81. The first-order chi connectivity index (χ1) is 6.68. The Balaban J connectivity index is 2.43. The van der Waals surface area contributed by atoms with Gasteiger partial charge in [-0.15, -0.1) is 11.3 Å². The fraction of sp³-hybridized carbons (Fsp3) is 0.222. The van der Waals surface area contributed by atoms with Crippen LogP contribution in [0.5, 0.6) is 0 Å². The van der Waals surface area contributed by atoms with E-state index in [-0.39, 0.29) is 5.78 Å². The molecule has 0 spiro atoms. The summed E-state index contributed by atoms with van der Waals surface area (Å²) in [6.45, 7) is 1.51. The third-order valence-electron chi connectivity index (χ3n) is 1.88. The first-order valence-corrected chi connectivity index (χ1v) is 5.00. The van der Waals surface area contributed by atoms with Gasteiger partial charge in [0, 0.05) is 31.7 Å². The molecule has 2 heterocycles. The summed E-state index contributed by atoms with van der Waals surface area (Å²) in [5, 5.41) is 2.54. The van der Waals surface area contributed by atoms with E-state index >= 15 is 0 Å². The van der Waals surface area contributed by atoms with Gasteiger partial charge in [-0.25, -0.2) is 9.97 Å². The maximum atomic E-state index is 11.0. The molecule has 0 bridgehead atoms. The average Bonchev–Trinajstić information content (AvgIpc) is 2.71. The molecular weight excluding hydrogens is 198 g/mol. The van der Waals surface area contributed by atoms with Gasteiger partial charge < -0.3 is 4.57 Å².